The molecule has 7 heteroatoms. The minimum atomic E-state index is -0.697. The molecule has 0 spiro atoms. The first-order valence-corrected chi connectivity index (χ1v) is 10.4. The molecular weight excluding hydrogens is 382 g/mol. The number of benzene rings is 2. The van der Waals surface area contributed by atoms with E-state index in [1.165, 1.54) is 5.56 Å². The van der Waals surface area contributed by atoms with E-state index >= 15 is 0 Å². The number of morpholine rings is 1. The Morgan fingerprint density at radius 2 is 1.87 bits per heavy atom. The fourth-order valence-corrected chi connectivity index (χ4v) is 3.39. The van der Waals surface area contributed by atoms with E-state index in [4.69, 9.17) is 9.47 Å². The van der Waals surface area contributed by atoms with Crippen LogP contribution < -0.4 is 15.4 Å². The van der Waals surface area contributed by atoms with Gasteiger partial charge in [-0.3, -0.25) is 14.5 Å². The second-order valence-corrected chi connectivity index (χ2v) is 7.06. The van der Waals surface area contributed by atoms with Crippen LogP contribution in [0.3, 0.4) is 0 Å². The fraction of sp³-hybridized carbons (Fsp3) is 0.391. The lowest BCUT2D eigenvalue weighted by atomic mass is 10.1. The van der Waals surface area contributed by atoms with E-state index in [1.807, 2.05) is 31.2 Å². The van der Waals surface area contributed by atoms with Crippen LogP contribution in [0.4, 0.5) is 5.69 Å². The molecule has 1 atom stereocenters. The van der Waals surface area contributed by atoms with Gasteiger partial charge in [0, 0.05) is 26.2 Å². The maximum Gasteiger partial charge on any atom is 0.313 e. The van der Waals surface area contributed by atoms with Crippen molar-refractivity contribution < 1.29 is 19.1 Å². The molecule has 0 aliphatic carbocycles. The number of nitrogens with zero attached hydrogens (tertiary/aromatic N) is 1. The molecule has 3 rings (SSSR count). The monoisotopic (exact) mass is 411 g/mol. The standard InChI is InChI=1S/C23H29N3O4/c1-2-29-20-12-7-6-11-19(20)25-23(28)22(27)24-13-8-14-26-15-16-30-21(17-26)18-9-4-3-5-10-18/h3-7,9-12,21H,2,8,13-17H2,1H3,(H,24,27)(H,25,28). The molecule has 2 aromatic carbocycles. The Hall–Kier alpha value is -2.90. The smallest absolute Gasteiger partial charge is 0.313 e. The van der Waals surface area contributed by atoms with Crippen molar-refractivity contribution in [3.8, 4) is 5.75 Å². The maximum atomic E-state index is 12.2. The van der Waals surface area contributed by atoms with Crippen molar-refractivity contribution in [3.05, 3.63) is 60.2 Å². The van der Waals surface area contributed by atoms with Crippen molar-refractivity contribution >= 4 is 17.5 Å². The van der Waals surface area contributed by atoms with Crippen LogP contribution in [-0.4, -0.2) is 56.1 Å². The third-order valence-electron chi connectivity index (χ3n) is 4.90. The molecule has 0 saturated carbocycles. The van der Waals surface area contributed by atoms with Crippen LogP contribution in [0.5, 0.6) is 5.75 Å². The summed E-state index contributed by atoms with van der Waals surface area (Å²) in [5, 5.41) is 5.29. The number of rotatable bonds is 8. The van der Waals surface area contributed by atoms with Crippen LogP contribution >= 0.6 is 0 Å². The molecule has 0 radical (unpaired) electrons. The molecule has 0 aromatic heterocycles. The summed E-state index contributed by atoms with van der Waals surface area (Å²) in [4.78, 5) is 26.6. The SMILES string of the molecule is CCOc1ccccc1NC(=O)C(=O)NCCCN1CCOC(c2ccccc2)C1. The molecule has 0 bridgehead atoms. The van der Waals surface area contributed by atoms with E-state index in [1.54, 1.807) is 18.2 Å². The molecule has 1 saturated heterocycles. The van der Waals surface area contributed by atoms with Gasteiger partial charge in [-0.15, -0.1) is 0 Å². The number of nitrogens with one attached hydrogen (secondary N) is 2. The van der Waals surface area contributed by atoms with Crippen LogP contribution in [0.2, 0.25) is 0 Å². The van der Waals surface area contributed by atoms with E-state index in [9.17, 15) is 9.59 Å². The molecule has 1 aliphatic rings. The van der Waals surface area contributed by atoms with E-state index in [0.717, 1.165) is 26.1 Å². The largest absolute Gasteiger partial charge is 0.492 e. The van der Waals surface area contributed by atoms with Crippen LogP contribution in [0.25, 0.3) is 0 Å². The van der Waals surface area contributed by atoms with Gasteiger partial charge >= 0.3 is 11.8 Å². The highest BCUT2D eigenvalue weighted by molar-refractivity contribution is 6.39. The molecule has 1 unspecified atom stereocenters. The van der Waals surface area contributed by atoms with Gasteiger partial charge in [-0.1, -0.05) is 42.5 Å². The van der Waals surface area contributed by atoms with Crippen LogP contribution in [0.1, 0.15) is 25.0 Å². The normalized spacial score (nSPS) is 16.6. The Kier molecular flexibility index (Phi) is 8.23. The number of hydrogen-bond donors (Lipinski definition) is 2. The van der Waals surface area contributed by atoms with Gasteiger partial charge in [-0.05, 0) is 31.0 Å². The van der Waals surface area contributed by atoms with E-state index < -0.39 is 11.8 Å². The zero-order valence-electron chi connectivity index (χ0n) is 17.3. The van der Waals surface area contributed by atoms with Gasteiger partial charge in [0.15, 0.2) is 0 Å². The van der Waals surface area contributed by atoms with Crippen molar-refractivity contribution in [1.82, 2.24) is 10.2 Å². The third kappa shape index (κ3) is 6.30. The summed E-state index contributed by atoms with van der Waals surface area (Å²) >= 11 is 0. The summed E-state index contributed by atoms with van der Waals surface area (Å²) in [6, 6.07) is 17.2. The summed E-state index contributed by atoms with van der Waals surface area (Å²) in [5.41, 5.74) is 1.67. The second kappa shape index (κ2) is 11.3. The molecule has 2 amide bonds. The van der Waals surface area contributed by atoms with Crippen LogP contribution in [0.15, 0.2) is 54.6 Å². The van der Waals surface area contributed by atoms with E-state index in [-0.39, 0.29) is 6.10 Å². The molecule has 1 heterocycles. The number of para-hydroxylation sites is 2. The number of ether oxygens (including phenoxy) is 2. The lowest BCUT2D eigenvalue weighted by Crippen LogP contribution is -2.41. The molecule has 2 aromatic rings. The lowest BCUT2D eigenvalue weighted by Gasteiger charge is -2.33. The molecule has 30 heavy (non-hydrogen) atoms. The second-order valence-electron chi connectivity index (χ2n) is 7.06. The average Bonchev–Trinajstić information content (AvgIpc) is 2.79. The Morgan fingerprint density at radius 1 is 1.10 bits per heavy atom. The van der Waals surface area contributed by atoms with Crippen LogP contribution in [-0.2, 0) is 14.3 Å². The first-order chi connectivity index (χ1) is 14.7. The summed E-state index contributed by atoms with van der Waals surface area (Å²) in [6.07, 6.45) is 0.835. The number of carbonyl (C=O) groups excluding carboxylic acids is 2. The Bertz CT molecular complexity index is 828. The highest BCUT2D eigenvalue weighted by atomic mass is 16.5. The predicted octanol–water partition coefficient (Wildman–Crippen LogP) is 2.60. The fourth-order valence-electron chi connectivity index (χ4n) is 3.39. The minimum Gasteiger partial charge on any atom is -0.492 e. The van der Waals surface area contributed by atoms with Crippen molar-refractivity contribution in [2.75, 3.05) is 44.7 Å². The van der Waals surface area contributed by atoms with Gasteiger partial charge in [0.25, 0.3) is 0 Å². The highest BCUT2D eigenvalue weighted by Gasteiger charge is 2.21. The summed E-state index contributed by atoms with van der Waals surface area (Å²) < 4.78 is 11.3. The molecule has 1 aliphatic heterocycles. The van der Waals surface area contributed by atoms with Crippen molar-refractivity contribution in [2.24, 2.45) is 0 Å². The molecular formula is C23H29N3O4. The summed E-state index contributed by atoms with van der Waals surface area (Å²) in [5.74, 6) is -0.801. The number of amides is 2. The Balaban J connectivity index is 1.39. The Morgan fingerprint density at radius 3 is 2.67 bits per heavy atom. The van der Waals surface area contributed by atoms with Gasteiger partial charge in [0.1, 0.15) is 5.75 Å². The topological polar surface area (TPSA) is 79.9 Å². The van der Waals surface area contributed by atoms with Crippen molar-refractivity contribution in [1.29, 1.82) is 0 Å². The predicted molar refractivity (Wildman–Crippen MR) is 115 cm³/mol. The van der Waals surface area contributed by atoms with Gasteiger partial charge in [0.05, 0.1) is 25.0 Å². The Labute approximate surface area is 177 Å². The van der Waals surface area contributed by atoms with Gasteiger partial charge in [-0.25, -0.2) is 0 Å². The van der Waals surface area contributed by atoms with E-state index in [2.05, 4.69) is 27.7 Å². The first-order valence-electron chi connectivity index (χ1n) is 10.4. The number of carbonyl (C=O) groups is 2. The van der Waals surface area contributed by atoms with Crippen molar-refractivity contribution in [3.63, 3.8) is 0 Å². The highest BCUT2D eigenvalue weighted by Crippen LogP contribution is 2.23. The summed E-state index contributed by atoms with van der Waals surface area (Å²) in [7, 11) is 0. The summed E-state index contributed by atoms with van der Waals surface area (Å²) in [6.45, 7) is 5.99. The van der Waals surface area contributed by atoms with Gasteiger partial charge < -0.3 is 20.1 Å². The maximum absolute atomic E-state index is 12.2. The zero-order valence-corrected chi connectivity index (χ0v) is 17.3. The van der Waals surface area contributed by atoms with Gasteiger partial charge in [0.2, 0.25) is 0 Å². The van der Waals surface area contributed by atoms with Crippen molar-refractivity contribution in [2.45, 2.75) is 19.4 Å². The number of anilines is 1. The van der Waals surface area contributed by atoms with Crippen LogP contribution in [0, 0.1) is 0 Å². The average molecular weight is 412 g/mol. The first kappa shape index (κ1) is 21.8. The molecule has 7 nitrogen and oxygen atoms in total. The zero-order chi connectivity index (χ0) is 21.2. The van der Waals surface area contributed by atoms with Gasteiger partial charge in [-0.2, -0.15) is 0 Å². The quantitative estimate of drug-likeness (QED) is 0.516. The third-order valence-corrected chi connectivity index (χ3v) is 4.90. The number of hydrogen-bond acceptors (Lipinski definition) is 5. The minimum absolute atomic E-state index is 0.0747. The lowest BCUT2D eigenvalue weighted by molar-refractivity contribution is -0.136. The van der Waals surface area contributed by atoms with E-state index in [0.29, 0.717) is 31.2 Å². The molecule has 160 valence electrons. The molecule has 2 N–H and O–H groups in total. The molecule has 1 fully saturated rings.